The van der Waals surface area contributed by atoms with Gasteiger partial charge < -0.3 is 15.4 Å². The van der Waals surface area contributed by atoms with Crippen molar-refractivity contribution in [2.24, 2.45) is 4.99 Å². The predicted molar refractivity (Wildman–Crippen MR) is 126 cm³/mol. The summed E-state index contributed by atoms with van der Waals surface area (Å²) in [5, 5.41) is 10.8. The Balaban J connectivity index is 0.00000300. The van der Waals surface area contributed by atoms with Crippen LogP contribution >= 0.6 is 24.0 Å². The molecule has 1 aromatic heterocycles. The summed E-state index contributed by atoms with van der Waals surface area (Å²) in [6.07, 6.45) is 4.93. The SMILES string of the molecule is C=CCOc1ccccc1CNC(=NC)NCc1ccc(-n2cncn2)cc1.I. The molecule has 0 spiro atoms. The second-order valence-electron chi connectivity index (χ2n) is 5.99. The van der Waals surface area contributed by atoms with E-state index in [1.165, 1.54) is 6.33 Å². The molecule has 0 fully saturated rings. The van der Waals surface area contributed by atoms with E-state index in [2.05, 4.69) is 44.4 Å². The number of halogens is 1. The number of benzene rings is 2. The summed E-state index contributed by atoms with van der Waals surface area (Å²) in [4.78, 5) is 8.24. The first kappa shape index (κ1) is 22.4. The molecule has 0 amide bonds. The van der Waals surface area contributed by atoms with Crippen LogP contribution in [0.5, 0.6) is 5.75 Å². The van der Waals surface area contributed by atoms with E-state index in [0.29, 0.717) is 19.7 Å². The first-order valence-corrected chi connectivity index (χ1v) is 9.00. The van der Waals surface area contributed by atoms with Crippen molar-refractivity contribution >= 4 is 29.9 Å². The van der Waals surface area contributed by atoms with Crippen LogP contribution in [0.25, 0.3) is 5.69 Å². The van der Waals surface area contributed by atoms with E-state index in [0.717, 1.165) is 28.5 Å². The van der Waals surface area contributed by atoms with Gasteiger partial charge in [-0.2, -0.15) is 5.10 Å². The molecule has 0 aliphatic heterocycles. The van der Waals surface area contributed by atoms with Gasteiger partial charge in [0.25, 0.3) is 0 Å². The molecule has 7 nitrogen and oxygen atoms in total. The van der Waals surface area contributed by atoms with Gasteiger partial charge in [0, 0.05) is 25.7 Å². The van der Waals surface area contributed by atoms with Crippen LogP contribution in [-0.2, 0) is 13.1 Å². The van der Waals surface area contributed by atoms with Crippen molar-refractivity contribution in [1.82, 2.24) is 25.4 Å². The number of rotatable bonds is 8. The number of aromatic nitrogens is 3. The minimum absolute atomic E-state index is 0. The smallest absolute Gasteiger partial charge is 0.191 e. The summed E-state index contributed by atoms with van der Waals surface area (Å²) >= 11 is 0. The highest BCUT2D eigenvalue weighted by atomic mass is 127. The molecule has 0 saturated heterocycles. The lowest BCUT2D eigenvalue weighted by molar-refractivity contribution is 0.358. The number of nitrogens with one attached hydrogen (secondary N) is 2. The zero-order valence-corrected chi connectivity index (χ0v) is 18.6. The molecule has 0 bridgehead atoms. The van der Waals surface area contributed by atoms with Crippen LogP contribution < -0.4 is 15.4 Å². The van der Waals surface area contributed by atoms with Crippen molar-refractivity contribution in [3.63, 3.8) is 0 Å². The highest BCUT2D eigenvalue weighted by Crippen LogP contribution is 2.17. The van der Waals surface area contributed by atoms with Crippen LogP contribution in [0.1, 0.15) is 11.1 Å². The van der Waals surface area contributed by atoms with E-state index < -0.39 is 0 Å². The molecule has 0 aliphatic carbocycles. The zero-order valence-electron chi connectivity index (χ0n) is 16.3. The van der Waals surface area contributed by atoms with Gasteiger partial charge in [0.2, 0.25) is 0 Å². The molecule has 0 aliphatic rings. The predicted octanol–water partition coefficient (Wildman–Crippen LogP) is 3.32. The molecular weight excluding hydrogens is 479 g/mol. The Hall–Kier alpha value is -2.88. The molecular formula is C21H25IN6O. The Morgan fingerprint density at radius 3 is 2.59 bits per heavy atom. The third kappa shape index (κ3) is 6.60. The highest BCUT2D eigenvalue weighted by molar-refractivity contribution is 14.0. The quantitative estimate of drug-likeness (QED) is 0.213. The molecule has 2 aromatic carbocycles. The highest BCUT2D eigenvalue weighted by Gasteiger charge is 2.05. The largest absolute Gasteiger partial charge is 0.489 e. The summed E-state index contributed by atoms with van der Waals surface area (Å²) in [5.74, 6) is 1.56. The van der Waals surface area contributed by atoms with E-state index in [1.54, 1.807) is 24.1 Å². The van der Waals surface area contributed by atoms with Gasteiger partial charge in [-0.1, -0.05) is 43.0 Å². The normalized spacial score (nSPS) is 10.7. The molecule has 8 heteroatoms. The summed E-state index contributed by atoms with van der Waals surface area (Å²) < 4.78 is 7.42. The molecule has 0 radical (unpaired) electrons. The van der Waals surface area contributed by atoms with Gasteiger partial charge in [-0.3, -0.25) is 4.99 Å². The average molecular weight is 504 g/mol. The molecule has 0 atom stereocenters. The standard InChI is InChI=1S/C21H24N6O.HI/c1-3-12-28-20-7-5-4-6-18(20)14-25-21(22-2)24-13-17-8-10-19(11-9-17)27-16-23-15-26-27;/h3-11,15-16H,1,12-14H2,2H3,(H2,22,24,25);1H. The van der Waals surface area contributed by atoms with E-state index >= 15 is 0 Å². The number of guanidine groups is 1. The molecule has 3 rings (SSSR count). The molecule has 0 saturated carbocycles. The van der Waals surface area contributed by atoms with Crippen molar-refractivity contribution in [1.29, 1.82) is 0 Å². The van der Waals surface area contributed by atoms with Crippen molar-refractivity contribution < 1.29 is 4.74 Å². The number of hydrogen-bond donors (Lipinski definition) is 2. The topological polar surface area (TPSA) is 76.4 Å². The number of ether oxygens (including phenoxy) is 1. The molecule has 2 N–H and O–H groups in total. The zero-order chi connectivity index (χ0) is 19.6. The van der Waals surface area contributed by atoms with Gasteiger partial charge in [0.15, 0.2) is 5.96 Å². The van der Waals surface area contributed by atoms with Crippen molar-refractivity contribution in [3.8, 4) is 11.4 Å². The van der Waals surface area contributed by atoms with E-state index in [1.807, 2.05) is 36.4 Å². The average Bonchev–Trinajstić information content (AvgIpc) is 3.28. The number of para-hydroxylation sites is 1. The Labute approximate surface area is 187 Å². The first-order chi connectivity index (χ1) is 13.8. The molecule has 29 heavy (non-hydrogen) atoms. The maximum atomic E-state index is 5.69. The first-order valence-electron chi connectivity index (χ1n) is 9.00. The number of aliphatic imine (C=N–C) groups is 1. The fraction of sp³-hybridized carbons (Fsp3) is 0.190. The van der Waals surface area contributed by atoms with Crippen molar-refractivity contribution in [2.45, 2.75) is 13.1 Å². The maximum absolute atomic E-state index is 5.69. The molecule has 3 aromatic rings. The Kier molecular flexibility index (Phi) is 9.16. The fourth-order valence-electron chi connectivity index (χ4n) is 2.63. The van der Waals surface area contributed by atoms with Gasteiger partial charge in [0.05, 0.1) is 5.69 Å². The molecule has 0 unspecified atom stereocenters. The Morgan fingerprint density at radius 1 is 1.14 bits per heavy atom. The van der Waals surface area contributed by atoms with Gasteiger partial charge in [0.1, 0.15) is 25.0 Å². The molecule has 152 valence electrons. The summed E-state index contributed by atoms with van der Waals surface area (Å²) in [6, 6.07) is 16.0. The second kappa shape index (κ2) is 11.8. The summed E-state index contributed by atoms with van der Waals surface area (Å²) in [7, 11) is 1.75. The summed E-state index contributed by atoms with van der Waals surface area (Å²) in [6.45, 7) is 5.44. The lowest BCUT2D eigenvalue weighted by atomic mass is 10.2. The van der Waals surface area contributed by atoms with Crippen LogP contribution in [0.4, 0.5) is 0 Å². The third-order valence-corrected chi connectivity index (χ3v) is 4.08. The van der Waals surface area contributed by atoms with Crippen LogP contribution in [0, 0.1) is 0 Å². The van der Waals surface area contributed by atoms with Gasteiger partial charge in [-0.15, -0.1) is 24.0 Å². The Bertz CT molecular complexity index is 909. The molecule has 1 heterocycles. The fourth-order valence-corrected chi connectivity index (χ4v) is 2.63. The minimum Gasteiger partial charge on any atom is -0.489 e. The second-order valence-corrected chi connectivity index (χ2v) is 5.99. The minimum atomic E-state index is 0. The van der Waals surface area contributed by atoms with Crippen LogP contribution in [0.3, 0.4) is 0 Å². The van der Waals surface area contributed by atoms with Crippen LogP contribution in [0.2, 0.25) is 0 Å². The van der Waals surface area contributed by atoms with E-state index in [-0.39, 0.29) is 24.0 Å². The maximum Gasteiger partial charge on any atom is 0.191 e. The summed E-state index contributed by atoms with van der Waals surface area (Å²) in [5.41, 5.74) is 3.17. The Morgan fingerprint density at radius 2 is 1.90 bits per heavy atom. The van der Waals surface area contributed by atoms with Gasteiger partial charge >= 0.3 is 0 Å². The van der Waals surface area contributed by atoms with Crippen LogP contribution in [0.15, 0.2) is 78.8 Å². The van der Waals surface area contributed by atoms with Gasteiger partial charge in [-0.05, 0) is 23.8 Å². The monoisotopic (exact) mass is 504 g/mol. The van der Waals surface area contributed by atoms with Crippen molar-refractivity contribution in [3.05, 3.63) is 85.0 Å². The van der Waals surface area contributed by atoms with Crippen LogP contribution in [-0.4, -0.2) is 34.4 Å². The van der Waals surface area contributed by atoms with Crippen molar-refractivity contribution in [2.75, 3.05) is 13.7 Å². The van der Waals surface area contributed by atoms with E-state index in [4.69, 9.17) is 4.74 Å². The lowest BCUT2D eigenvalue weighted by Gasteiger charge is -2.14. The number of hydrogen-bond acceptors (Lipinski definition) is 4. The number of nitrogens with zero attached hydrogens (tertiary/aromatic N) is 4. The van der Waals surface area contributed by atoms with Gasteiger partial charge in [-0.25, -0.2) is 9.67 Å². The third-order valence-electron chi connectivity index (χ3n) is 4.08. The van der Waals surface area contributed by atoms with E-state index in [9.17, 15) is 0 Å². The lowest BCUT2D eigenvalue weighted by Crippen LogP contribution is -2.36.